The van der Waals surface area contributed by atoms with Crippen molar-refractivity contribution < 1.29 is 4.74 Å². The van der Waals surface area contributed by atoms with Gasteiger partial charge in [0.1, 0.15) is 11.1 Å². The first-order valence-electron chi connectivity index (χ1n) is 8.46. The Labute approximate surface area is 155 Å². The van der Waals surface area contributed by atoms with E-state index in [0.29, 0.717) is 5.88 Å². The van der Waals surface area contributed by atoms with E-state index in [1.54, 1.807) is 0 Å². The Morgan fingerprint density at radius 2 is 2.08 bits per heavy atom. The molecule has 5 N–H and O–H groups in total. The van der Waals surface area contributed by atoms with Crippen LogP contribution >= 0.6 is 11.8 Å². The number of pyridine rings is 1. The lowest BCUT2D eigenvalue weighted by Gasteiger charge is -2.25. The predicted molar refractivity (Wildman–Crippen MR) is 106 cm³/mol. The van der Waals surface area contributed by atoms with Gasteiger partial charge in [0.2, 0.25) is 5.88 Å². The van der Waals surface area contributed by atoms with Crippen molar-refractivity contribution in [3.8, 4) is 17.1 Å². The van der Waals surface area contributed by atoms with Gasteiger partial charge < -0.3 is 15.5 Å². The van der Waals surface area contributed by atoms with Crippen LogP contribution in [0.5, 0.6) is 5.88 Å². The van der Waals surface area contributed by atoms with E-state index in [-0.39, 0.29) is 16.3 Å². The largest absolute Gasteiger partial charge is 0.474 e. The number of fused-ring (bicyclic) bond motifs is 1. The molecule has 2 heterocycles. The van der Waals surface area contributed by atoms with Crippen LogP contribution in [0.4, 0.5) is 0 Å². The average molecular weight is 365 g/mol. The predicted octanol–water partition coefficient (Wildman–Crippen LogP) is 4.11. The normalized spacial score (nSPS) is 14.2. The molecule has 1 aliphatic rings. The number of rotatable bonds is 4. The molecular formula is C19H19N5OS. The number of thioether (sulfide) groups is 1. The zero-order valence-electron chi connectivity index (χ0n) is 14.1. The Balaban J connectivity index is 1.68. The number of hydrogen-bond donors (Lipinski definition) is 4. The van der Waals surface area contributed by atoms with Gasteiger partial charge in [-0.2, -0.15) is 0 Å². The van der Waals surface area contributed by atoms with Crippen molar-refractivity contribution in [1.29, 1.82) is 10.8 Å². The number of H-pyrrole nitrogens is 1. The first-order valence-corrected chi connectivity index (χ1v) is 9.28. The van der Waals surface area contributed by atoms with Gasteiger partial charge in [-0.05, 0) is 49.2 Å². The van der Waals surface area contributed by atoms with Gasteiger partial charge in [-0.3, -0.25) is 10.8 Å². The van der Waals surface area contributed by atoms with Crippen LogP contribution in [-0.4, -0.2) is 26.3 Å². The van der Waals surface area contributed by atoms with Crippen molar-refractivity contribution in [1.82, 2.24) is 9.97 Å². The molecule has 3 aromatic rings. The van der Waals surface area contributed by atoms with Crippen LogP contribution in [-0.2, 0) is 0 Å². The first-order chi connectivity index (χ1) is 12.6. The maximum atomic E-state index is 8.10. The van der Waals surface area contributed by atoms with Crippen LogP contribution in [0.1, 0.15) is 24.8 Å². The summed E-state index contributed by atoms with van der Waals surface area (Å²) < 4.78 is 5.91. The molecule has 0 atom stereocenters. The lowest BCUT2D eigenvalue weighted by Crippen LogP contribution is -2.24. The monoisotopic (exact) mass is 365 g/mol. The van der Waals surface area contributed by atoms with Crippen molar-refractivity contribution >= 4 is 32.9 Å². The number of nitrogens with two attached hydrogens (primary N) is 1. The molecule has 0 amide bonds. The van der Waals surface area contributed by atoms with Gasteiger partial charge in [-0.25, -0.2) is 4.98 Å². The van der Waals surface area contributed by atoms with Crippen molar-refractivity contribution in [2.45, 2.75) is 25.4 Å². The maximum Gasteiger partial charge on any atom is 0.214 e. The van der Waals surface area contributed by atoms with Gasteiger partial charge in [-0.15, -0.1) is 0 Å². The number of nitrogens with zero attached hydrogens (tertiary/aromatic N) is 1. The minimum Gasteiger partial charge on any atom is -0.474 e. The topological polar surface area (TPSA) is 112 Å². The van der Waals surface area contributed by atoms with E-state index >= 15 is 0 Å². The highest BCUT2D eigenvalue weighted by Crippen LogP contribution is 2.31. The van der Waals surface area contributed by atoms with Gasteiger partial charge in [0, 0.05) is 34.3 Å². The number of aromatic nitrogens is 2. The molecule has 6 nitrogen and oxygen atoms in total. The Kier molecular flexibility index (Phi) is 4.38. The quantitative estimate of drug-likeness (QED) is 0.412. The van der Waals surface area contributed by atoms with E-state index in [4.69, 9.17) is 21.3 Å². The van der Waals surface area contributed by atoms with Crippen molar-refractivity contribution in [2.75, 3.05) is 0 Å². The summed E-state index contributed by atoms with van der Waals surface area (Å²) in [6.45, 7) is 0. The summed E-state index contributed by atoms with van der Waals surface area (Å²) in [4.78, 5) is 7.91. The van der Waals surface area contributed by atoms with Crippen molar-refractivity contribution in [3.05, 3.63) is 48.2 Å². The zero-order valence-corrected chi connectivity index (χ0v) is 14.9. The Morgan fingerprint density at radius 3 is 2.81 bits per heavy atom. The summed E-state index contributed by atoms with van der Waals surface area (Å²) in [6, 6.07) is 11.5. The molecule has 0 radical (unpaired) electrons. The van der Waals surface area contributed by atoms with Gasteiger partial charge in [-0.1, -0.05) is 12.1 Å². The molecule has 2 aromatic heterocycles. The summed E-state index contributed by atoms with van der Waals surface area (Å²) in [5.74, 6) is 0.651. The third-order valence-electron chi connectivity index (χ3n) is 4.50. The number of hydrogen-bond acceptors (Lipinski definition) is 5. The van der Waals surface area contributed by atoms with E-state index in [2.05, 4.69) is 9.97 Å². The zero-order chi connectivity index (χ0) is 18.1. The van der Waals surface area contributed by atoms with E-state index in [1.165, 1.54) is 6.42 Å². The van der Waals surface area contributed by atoms with E-state index in [0.717, 1.165) is 52.3 Å². The number of benzene rings is 1. The molecule has 1 aliphatic carbocycles. The fourth-order valence-corrected chi connectivity index (χ4v) is 3.40. The Bertz CT molecular complexity index is 993. The summed E-state index contributed by atoms with van der Waals surface area (Å²) >= 11 is 0.937. The molecule has 1 aromatic carbocycles. The first kappa shape index (κ1) is 16.7. The van der Waals surface area contributed by atoms with Crippen LogP contribution in [0.25, 0.3) is 22.2 Å². The van der Waals surface area contributed by atoms with E-state index < -0.39 is 0 Å². The van der Waals surface area contributed by atoms with Crippen LogP contribution in [0.15, 0.2) is 42.6 Å². The summed E-state index contributed by atoms with van der Waals surface area (Å²) in [6.07, 6.45) is 5.62. The van der Waals surface area contributed by atoms with Gasteiger partial charge in [0.05, 0.1) is 5.69 Å². The van der Waals surface area contributed by atoms with Crippen LogP contribution < -0.4 is 10.5 Å². The molecular weight excluding hydrogens is 346 g/mol. The molecule has 7 heteroatoms. The third-order valence-corrected chi connectivity index (χ3v) is 5.15. The molecule has 0 saturated heterocycles. The molecule has 0 unspecified atom stereocenters. The van der Waals surface area contributed by atoms with Crippen LogP contribution in [0.3, 0.4) is 0 Å². The smallest absolute Gasteiger partial charge is 0.214 e. The third kappa shape index (κ3) is 3.30. The number of ether oxygens (including phenoxy) is 1. The summed E-state index contributed by atoms with van der Waals surface area (Å²) in [5.41, 5.74) is 8.87. The van der Waals surface area contributed by atoms with E-state index in [9.17, 15) is 0 Å². The second-order valence-corrected chi connectivity index (χ2v) is 7.34. The minimum absolute atomic E-state index is 0.0908. The number of nitrogens with one attached hydrogen (secondary N) is 3. The molecule has 0 spiro atoms. The Morgan fingerprint density at radius 1 is 1.23 bits per heavy atom. The lowest BCUT2D eigenvalue weighted by molar-refractivity contribution is 0.115. The van der Waals surface area contributed by atoms with Crippen LogP contribution in [0, 0.1) is 10.8 Å². The molecule has 1 saturated carbocycles. The van der Waals surface area contributed by atoms with Gasteiger partial charge in [0.25, 0.3) is 0 Å². The SMILES string of the molecule is N=C(N)SC(=N)c1ccc2[nH]cc(-c3cccc(OC4CCC4)n3)c2c1. The fraction of sp³-hybridized carbons (Fsp3) is 0.211. The highest BCUT2D eigenvalue weighted by molar-refractivity contribution is 8.26. The van der Waals surface area contributed by atoms with Crippen molar-refractivity contribution in [3.63, 3.8) is 0 Å². The molecule has 0 aliphatic heterocycles. The Hall–Kier alpha value is -2.80. The lowest BCUT2D eigenvalue weighted by atomic mass is 9.96. The highest BCUT2D eigenvalue weighted by atomic mass is 32.2. The molecule has 4 rings (SSSR count). The van der Waals surface area contributed by atoms with Gasteiger partial charge in [0.15, 0.2) is 5.17 Å². The second-order valence-electron chi connectivity index (χ2n) is 6.29. The van der Waals surface area contributed by atoms with Crippen molar-refractivity contribution in [2.24, 2.45) is 5.73 Å². The summed E-state index contributed by atoms with van der Waals surface area (Å²) in [7, 11) is 0. The summed E-state index contributed by atoms with van der Waals surface area (Å²) in [5, 5.41) is 16.6. The average Bonchev–Trinajstić information content (AvgIpc) is 3.01. The second kappa shape index (κ2) is 6.84. The molecule has 132 valence electrons. The van der Waals surface area contributed by atoms with Crippen LogP contribution in [0.2, 0.25) is 0 Å². The highest BCUT2D eigenvalue weighted by Gasteiger charge is 2.20. The standard InChI is InChI=1S/C19H19N5OS/c20-18(26-19(21)22)11-7-8-15-13(9-11)14(10-23-15)16-5-2-6-17(24-16)25-12-3-1-4-12/h2,5-10,12,20,23H,1,3-4H2,(H3,21,22). The van der Waals surface area contributed by atoms with E-state index in [1.807, 2.05) is 42.6 Å². The molecule has 26 heavy (non-hydrogen) atoms. The minimum atomic E-state index is -0.0908. The molecule has 1 fully saturated rings. The maximum absolute atomic E-state index is 8.10. The number of amidine groups is 1. The fourth-order valence-electron chi connectivity index (χ4n) is 2.93. The molecule has 0 bridgehead atoms. The number of aromatic amines is 1. The van der Waals surface area contributed by atoms with Gasteiger partial charge >= 0.3 is 0 Å².